The van der Waals surface area contributed by atoms with Gasteiger partial charge in [-0.15, -0.1) is 0 Å². The van der Waals surface area contributed by atoms with Gasteiger partial charge in [-0.25, -0.2) is 13.1 Å². The summed E-state index contributed by atoms with van der Waals surface area (Å²) >= 11 is 6.45. The molecule has 0 spiro atoms. The normalized spacial score (nSPS) is 15.1. The Morgan fingerprint density at radius 2 is 2.00 bits per heavy atom. The highest BCUT2D eigenvalue weighted by Gasteiger charge is 2.23. The smallest absolute Gasteiger partial charge is 0.241 e. The van der Waals surface area contributed by atoms with Gasteiger partial charge in [-0.3, -0.25) is 4.79 Å². The molecule has 5 nitrogen and oxygen atoms in total. The molecule has 0 atom stereocenters. The van der Waals surface area contributed by atoms with Crippen LogP contribution in [0.5, 0.6) is 0 Å². The molecule has 0 aromatic heterocycles. The van der Waals surface area contributed by atoms with Crippen LogP contribution in [0.4, 0.5) is 0 Å². The molecule has 1 amide bonds. The van der Waals surface area contributed by atoms with Crippen molar-refractivity contribution < 1.29 is 13.2 Å². The molecule has 0 heterocycles. The lowest BCUT2D eigenvalue weighted by Gasteiger charge is -2.09. The van der Waals surface area contributed by atoms with Crippen molar-refractivity contribution in [3.63, 3.8) is 0 Å². The van der Waals surface area contributed by atoms with Crippen LogP contribution in [0.25, 0.3) is 0 Å². The van der Waals surface area contributed by atoms with E-state index < -0.39 is 10.0 Å². The minimum Gasteiger partial charge on any atom is -0.353 e. The molecule has 0 unspecified atom stereocenters. The largest absolute Gasteiger partial charge is 0.353 e. The minimum absolute atomic E-state index is 0.0832. The Bertz CT molecular complexity index is 615. The molecule has 0 aliphatic heterocycles. The van der Waals surface area contributed by atoms with Crippen LogP contribution in [0.2, 0.25) is 0 Å². The summed E-state index contributed by atoms with van der Waals surface area (Å²) in [5, 5.41) is 2.81. The molecule has 0 radical (unpaired) electrons. The third-order valence-corrected chi connectivity index (χ3v) is 5.72. The topological polar surface area (TPSA) is 75.3 Å². The number of benzene rings is 1. The van der Waals surface area contributed by atoms with Gasteiger partial charge in [-0.1, -0.05) is 15.9 Å². The maximum Gasteiger partial charge on any atom is 0.241 e. The Morgan fingerprint density at radius 1 is 1.30 bits per heavy atom. The van der Waals surface area contributed by atoms with Crippen LogP contribution in [0, 0.1) is 0 Å². The lowest BCUT2D eigenvalue weighted by atomic mass is 10.4. The summed E-state index contributed by atoms with van der Waals surface area (Å²) < 4.78 is 27.8. The van der Waals surface area contributed by atoms with E-state index in [1.807, 2.05) is 0 Å². The number of amides is 1. The fraction of sp³-hybridized carbons (Fsp3) is 0.417. The van der Waals surface area contributed by atoms with Crippen molar-refractivity contribution in [3.05, 3.63) is 27.1 Å². The lowest BCUT2D eigenvalue weighted by molar-refractivity contribution is -0.121. The Balaban J connectivity index is 1.93. The van der Waals surface area contributed by atoms with Gasteiger partial charge in [0.15, 0.2) is 0 Å². The van der Waals surface area contributed by atoms with Crippen LogP contribution in [-0.2, 0) is 14.8 Å². The minimum atomic E-state index is -3.63. The highest BCUT2D eigenvalue weighted by atomic mass is 79.9. The number of nitrogens with one attached hydrogen (secondary N) is 2. The van der Waals surface area contributed by atoms with Gasteiger partial charge in [0.25, 0.3) is 0 Å². The van der Waals surface area contributed by atoms with Crippen molar-refractivity contribution in [2.24, 2.45) is 0 Å². The fourth-order valence-electron chi connectivity index (χ4n) is 1.59. The second-order valence-corrected chi connectivity index (χ2v) is 8.07. The first-order valence-electron chi connectivity index (χ1n) is 6.12. The van der Waals surface area contributed by atoms with Gasteiger partial charge in [0.2, 0.25) is 15.9 Å². The van der Waals surface area contributed by atoms with Crippen LogP contribution >= 0.6 is 31.9 Å². The molecule has 20 heavy (non-hydrogen) atoms. The van der Waals surface area contributed by atoms with Gasteiger partial charge in [0.1, 0.15) is 0 Å². The average molecular weight is 426 g/mol. The summed E-state index contributed by atoms with van der Waals surface area (Å²) in [6, 6.07) is 5.19. The van der Waals surface area contributed by atoms with Crippen molar-refractivity contribution in [1.29, 1.82) is 0 Å². The quantitative estimate of drug-likeness (QED) is 0.733. The number of sulfonamides is 1. The van der Waals surface area contributed by atoms with Crippen LogP contribution in [0.3, 0.4) is 0 Å². The maximum absolute atomic E-state index is 12.1. The predicted molar refractivity (Wildman–Crippen MR) is 82.8 cm³/mol. The van der Waals surface area contributed by atoms with E-state index >= 15 is 0 Å². The standard InChI is InChI=1S/C12H14Br2N2O3S/c13-8-1-4-10(14)11(7-8)20(18,19)15-6-5-12(17)16-9-2-3-9/h1,4,7,9,15H,2-3,5-6H2,(H,16,17). The molecule has 1 aromatic carbocycles. The molecule has 1 aliphatic carbocycles. The van der Waals surface area contributed by atoms with E-state index in [4.69, 9.17) is 0 Å². The third-order valence-electron chi connectivity index (χ3n) is 2.77. The van der Waals surface area contributed by atoms with E-state index in [9.17, 15) is 13.2 Å². The SMILES string of the molecule is O=C(CCNS(=O)(=O)c1cc(Br)ccc1Br)NC1CC1. The first kappa shape index (κ1) is 15.9. The second-order valence-electron chi connectivity index (χ2n) is 4.56. The lowest BCUT2D eigenvalue weighted by Crippen LogP contribution is -2.31. The predicted octanol–water partition coefficient (Wildman–Crippen LogP) is 2.16. The number of carbonyl (C=O) groups is 1. The molecule has 0 bridgehead atoms. The molecule has 1 aliphatic rings. The van der Waals surface area contributed by atoms with Gasteiger partial charge in [0.05, 0.1) is 4.90 Å². The zero-order valence-electron chi connectivity index (χ0n) is 10.5. The molecule has 2 N–H and O–H groups in total. The highest BCUT2D eigenvalue weighted by Crippen LogP contribution is 2.25. The van der Waals surface area contributed by atoms with Crippen molar-refractivity contribution >= 4 is 47.8 Å². The summed E-state index contributed by atoms with van der Waals surface area (Å²) in [4.78, 5) is 11.6. The van der Waals surface area contributed by atoms with Gasteiger partial charge in [-0.05, 0) is 47.0 Å². The Hall–Kier alpha value is -0.440. The second kappa shape index (κ2) is 6.55. The van der Waals surface area contributed by atoms with Gasteiger partial charge < -0.3 is 5.32 Å². The van der Waals surface area contributed by atoms with E-state index in [0.717, 1.165) is 12.8 Å². The van der Waals surface area contributed by atoms with Crippen LogP contribution in [0.15, 0.2) is 32.0 Å². The van der Waals surface area contributed by atoms with E-state index in [1.54, 1.807) is 12.1 Å². The molecular formula is C12H14Br2N2O3S. The number of rotatable bonds is 6. The molecule has 110 valence electrons. The molecule has 8 heteroatoms. The average Bonchev–Trinajstić information content (AvgIpc) is 3.15. The summed E-state index contributed by atoms with van der Waals surface area (Å²) in [5.41, 5.74) is 0. The molecule has 1 saturated carbocycles. The zero-order valence-corrected chi connectivity index (χ0v) is 14.5. The highest BCUT2D eigenvalue weighted by molar-refractivity contribution is 9.11. The zero-order chi connectivity index (χ0) is 14.8. The fourth-order valence-corrected chi connectivity index (χ4v) is 4.12. The Kier molecular flexibility index (Phi) is 5.22. The summed E-state index contributed by atoms with van der Waals surface area (Å²) in [5.74, 6) is -0.122. The van der Waals surface area contributed by atoms with Crippen molar-refractivity contribution in [2.45, 2.75) is 30.2 Å². The van der Waals surface area contributed by atoms with Gasteiger partial charge in [0, 0.05) is 28.0 Å². The van der Waals surface area contributed by atoms with Crippen LogP contribution < -0.4 is 10.0 Å². The summed E-state index contributed by atoms with van der Waals surface area (Å²) in [7, 11) is -3.63. The van der Waals surface area contributed by atoms with E-state index in [-0.39, 0.29) is 23.8 Å². The molecule has 2 rings (SSSR count). The number of hydrogen-bond donors (Lipinski definition) is 2. The number of carbonyl (C=O) groups excluding carboxylic acids is 1. The third kappa shape index (κ3) is 4.54. The van der Waals surface area contributed by atoms with Gasteiger partial charge in [-0.2, -0.15) is 0 Å². The van der Waals surface area contributed by atoms with E-state index in [0.29, 0.717) is 15.0 Å². The maximum atomic E-state index is 12.1. The monoisotopic (exact) mass is 424 g/mol. The van der Waals surface area contributed by atoms with E-state index in [1.165, 1.54) is 6.07 Å². The first-order valence-corrected chi connectivity index (χ1v) is 9.19. The van der Waals surface area contributed by atoms with Crippen molar-refractivity contribution in [2.75, 3.05) is 6.54 Å². The molecule has 0 saturated heterocycles. The Morgan fingerprint density at radius 3 is 2.65 bits per heavy atom. The summed E-state index contributed by atoms with van der Waals surface area (Å²) in [6.07, 6.45) is 2.17. The van der Waals surface area contributed by atoms with E-state index in [2.05, 4.69) is 41.9 Å². The van der Waals surface area contributed by atoms with Crippen molar-refractivity contribution in [1.82, 2.24) is 10.0 Å². The van der Waals surface area contributed by atoms with Crippen LogP contribution in [0.1, 0.15) is 19.3 Å². The Labute approximate surface area is 134 Å². The van der Waals surface area contributed by atoms with Crippen molar-refractivity contribution in [3.8, 4) is 0 Å². The van der Waals surface area contributed by atoms with Gasteiger partial charge >= 0.3 is 0 Å². The first-order chi connectivity index (χ1) is 9.38. The number of hydrogen-bond acceptors (Lipinski definition) is 3. The molecule has 1 fully saturated rings. The summed E-state index contributed by atoms with van der Waals surface area (Å²) in [6.45, 7) is 0.0832. The molecule has 1 aromatic rings. The molecular weight excluding hydrogens is 412 g/mol. The van der Waals surface area contributed by atoms with Crippen LogP contribution in [-0.4, -0.2) is 26.9 Å². The number of halogens is 2.